The molecule has 0 unspecified atom stereocenters. The number of halogens is 1. The molecule has 4 nitrogen and oxygen atoms in total. The lowest BCUT2D eigenvalue weighted by molar-refractivity contribution is 0.628. The zero-order chi connectivity index (χ0) is 12.5. The lowest BCUT2D eigenvalue weighted by atomic mass is 10.2. The van der Waals surface area contributed by atoms with Crippen molar-refractivity contribution in [1.29, 1.82) is 0 Å². The van der Waals surface area contributed by atoms with Crippen molar-refractivity contribution in [2.75, 3.05) is 23.8 Å². The van der Waals surface area contributed by atoms with Crippen LogP contribution < -0.4 is 10.2 Å². The van der Waals surface area contributed by atoms with Crippen LogP contribution in [-0.4, -0.2) is 23.6 Å². The Morgan fingerprint density at radius 3 is 3.06 bits per heavy atom. The molecular weight excluding hydrogens is 231 g/mol. The molecule has 0 saturated heterocycles. The number of anilines is 3. The molecule has 0 fully saturated rings. The maximum Gasteiger partial charge on any atom is 0.154 e. The summed E-state index contributed by atoms with van der Waals surface area (Å²) in [6, 6.07) is 4.88. The van der Waals surface area contributed by atoms with Crippen LogP contribution in [-0.2, 0) is 6.42 Å². The summed E-state index contributed by atoms with van der Waals surface area (Å²) < 4.78 is 13.3. The number of aromatic nitrogens is 2. The van der Waals surface area contributed by atoms with Gasteiger partial charge in [-0.15, -0.1) is 0 Å². The van der Waals surface area contributed by atoms with E-state index in [1.165, 1.54) is 6.07 Å². The van der Waals surface area contributed by atoms with E-state index in [0.29, 0.717) is 5.82 Å². The van der Waals surface area contributed by atoms with Crippen LogP contribution in [0.4, 0.5) is 21.7 Å². The van der Waals surface area contributed by atoms with E-state index in [4.69, 9.17) is 0 Å². The van der Waals surface area contributed by atoms with Crippen LogP contribution in [0.1, 0.15) is 5.56 Å². The largest absolute Gasteiger partial charge is 0.372 e. The third-order valence-corrected chi connectivity index (χ3v) is 3.10. The number of hydrogen-bond donors (Lipinski definition) is 1. The van der Waals surface area contributed by atoms with Gasteiger partial charge in [-0.05, 0) is 24.1 Å². The van der Waals surface area contributed by atoms with Gasteiger partial charge in [0, 0.05) is 19.3 Å². The smallest absolute Gasteiger partial charge is 0.154 e. The Morgan fingerprint density at radius 1 is 1.33 bits per heavy atom. The van der Waals surface area contributed by atoms with Crippen LogP contribution in [0.15, 0.2) is 30.6 Å². The minimum absolute atomic E-state index is 0.224. The van der Waals surface area contributed by atoms with E-state index in [1.807, 2.05) is 11.0 Å². The molecule has 0 spiro atoms. The zero-order valence-corrected chi connectivity index (χ0v) is 10.0. The second kappa shape index (κ2) is 4.25. The summed E-state index contributed by atoms with van der Waals surface area (Å²) in [6.45, 7) is 0.806. The van der Waals surface area contributed by atoms with Gasteiger partial charge in [-0.1, -0.05) is 6.07 Å². The number of nitrogens with zero attached hydrogens (tertiary/aromatic N) is 3. The van der Waals surface area contributed by atoms with Crippen LogP contribution in [0.2, 0.25) is 0 Å². The maximum atomic E-state index is 13.3. The maximum absolute atomic E-state index is 13.3. The Kier molecular flexibility index (Phi) is 2.59. The fourth-order valence-corrected chi connectivity index (χ4v) is 2.20. The summed E-state index contributed by atoms with van der Waals surface area (Å²) in [5.74, 6) is 1.22. The SMILES string of the molecule is CNc1cncc(N2CCc3ccc(F)cc32)n1. The van der Waals surface area contributed by atoms with Gasteiger partial charge in [0.05, 0.1) is 12.4 Å². The topological polar surface area (TPSA) is 41.1 Å². The molecule has 2 aromatic rings. The van der Waals surface area contributed by atoms with E-state index in [-0.39, 0.29) is 5.82 Å². The molecule has 1 aromatic heterocycles. The number of hydrogen-bond acceptors (Lipinski definition) is 4. The van der Waals surface area contributed by atoms with Gasteiger partial charge < -0.3 is 10.2 Å². The zero-order valence-electron chi connectivity index (χ0n) is 10.0. The first-order valence-corrected chi connectivity index (χ1v) is 5.83. The number of benzene rings is 1. The van der Waals surface area contributed by atoms with E-state index in [1.54, 1.807) is 25.5 Å². The predicted octanol–water partition coefficient (Wildman–Crippen LogP) is 2.35. The Morgan fingerprint density at radius 2 is 2.22 bits per heavy atom. The lowest BCUT2D eigenvalue weighted by Crippen LogP contribution is -2.15. The van der Waals surface area contributed by atoms with E-state index in [0.717, 1.165) is 30.0 Å². The first-order chi connectivity index (χ1) is 8.78. The van der Waals surface area contributed by atoms with E-state index in [9.17, 15) is 4.39 Å². The third kappa shape index (κ3) is 1.77. The van der Waals surface area contributed by atoms with Crippen molar-refractivity contribution in [2.24, 2.45) is 0 Å². The van der Waals surface area contributed by atoms with Crippen LogP contribution in [0.25, 0.3) is 0 Å². The van der Waals surface area contributed by atoms with Gasteiger partial charge in [-0.2, -0.15) is 0 Å². The molecule has 0 saturated carbocycles. The van der Waals surface area contributed by atoms with Gasteiger partial charge in [0.15, 0.2) is 5.82 Å². The standard InChI is InChI=1S/C13H13FN4/c1-15-12-7-16-8-13(17-12)18-5-4-9-2-3-10(14)6-11(9)18/h2-3,6-8H,4-5H2,1H3,(H,15,17). The number of fused-ring (bicyclic) bond motifs is 1. The van der Waals surface area contributed by atoms with Gasteiger partial charge in [0.25, 0.3) is 0 Å². The fraction of sp³-hybridized carbons (Fsp3) is 0.231. The molecule has 1 N–H and O–H groups in total. The predicted molar refractivity (Wildman–Crippen MR) is 68.7 cm³/mol. The average molecular weight is 244 g/mol. The summed E-state index contributed by atoms with van der Waals surface area (Å²) in [4.78, 5) is 10.6. The van der Waals surface area contributed by atoms with Crippen molar-refractivity contribution < 1.29 is 4.39 Å². The lowest BCUT2D eigenvalue weighted by Gasteiger charge is -2.18. The Bertz CT molecular complexity index is 585. The highest BCUT2D eigenvalue weighted by molar-refractivity contribution is 5.67. The molecule has 92 valence electrons. The van der Waals surface area contributed by atoms with Crippen LogP contribution in [0, 0.1) is 5.82 Å². The Hall–Kier alpha value is -2.17. The molecule has 1 aliphatic rings. The monoisotopic (exact) mass is 244 g/mol. The minimum atomic E-state index is -0.224. The van der Waals surface area contributed by atoms with E-state index >= 15 is 0 Å². The normalized spacial score (nSPS) is 13.6. The molecule has 0 atom stereocenters. The van der Waals surface area contributed by atoms with E-state index < -0.39 is 0 Å². The number of rotatable bonds is 2. The summed E-state index contributed by atoms with van der Waals surface area (Å²) in [5, 5.41) is 2.95. The third-order valence-electron chi connectivity index (χ3n) is 3.10. The van der Waals surface area contributed by atoms with Crippen molar-refractivity contribution >= 4 is 17.3 Å². The fourth-order valence-electron chi connectivity index (χ4n) is 2.20. The number of nitrogens with one attached hydrogen (secondary N) is 1. The van der Waals surface area contributed by atoms with Crippen molar-refractivity contribution in [3.8, 4) is 0 Å². The van der Waals surface area contributed by atoms with Crippen molar-refractivity contribution in [1.82, 2.24) is 9.97 Å². The molecule has 0 amide bonds. The van der Waals surface area contributed by atoms with E-state index in [2.05, 4.69) is 15.3 Å². The summed E-state index contributed by atoms with van der Waals surface area (Å²) in [5.41, 5.74) is 2.03. The Labute approximate surface area is 104 Å². The molecule has 0 radical (unpaired) electrons. The van der Waals surface area contributed by atoms with Gasteiger partial charge in [-0.3, -0.25) is 4.98 Å². The van der Waals surface area contributed by atoms with Crippen LogP contribution in [0.3, 0.4) is 0 Å². The van der Waals surface area contributed by atoms with Crippen LogP contribution in [0.5, 0.6) is 0 Å². The molecule has 0 bridgehead atoms. The quantitative estimate of drug-likeness (QED) is 0.880. The molecular formula is C13H13FN4. The highest BCUT2D eigenvalue weighted by Crippen LogP contribution is 2.33. The highest BCUT2D eigenvalue weighted by Gasteiger charge is 2.22. The first kappa shape index (κ1) is 11.0. The molecule has 3 rings (SSSR count). The molecule has 18 heavy (non-hydrogen) atoms. The Balaban J connectivity index is 2.02. The molecule has 1 aliphatic heterocycles. The summed E-state index contributed by atoms with van der Waals surface area (Å²) in [6.07, 6.45) is 4.26. The van der Waals surface area contributed by atoms with Gasteiger partial charge in [0.2, 0.25) is 0 Å². The second-order valence-corrected chi connectivity index (χ2v) is 4.19. The minimum Gasteiger partial charge on any atom is -0.372 e. The van der Waals surface area contributed by atoms with Crippen molar-refractivity contribution in [3.05, 3.63) is 42.0 Å². The second-order valence-electron chi connectivity index (χ2n) is 4.19. The average Bonchev–Trinajstić information content (AvgIpc) is 2.81. The first-order valence-electron chi connectivity index (χ1n) is 5.83. The van der Waals surface area contributed by atoms with Crippen molar-refractivity contribution in [2.45, 2.75) is 6.42 Å². The molecule has 2 heterocycles. The van der Waals surface area contributed by atoms with Crippen LogP contribution >= 0.6 is 0 Å². The highest BCUT2D eigenvalue weighted by atomic mass is 19.1. The summed E-state index contributed by atoms with van der Waals surface area (Å²) in [7, 11) is 1.80. The van der Waals surface area contributed by atoms with Crippen molar-refractivity contribution in [3.63, 3.8) is 0 Å². The van der Waals surface area contributed by atoms with Gasteiger partial charge in [-0.25, -0.2) is 9.37 Å². The molecule has 0 aliphatic carbocycles. The summed E-state index contributed by atoms with van der Waals surface area (Å²) >= 11 is 0. The molecule has 5 heteroatoms. The molecule has 1 aromatic carbocycles. The van der Waals surface area contributed by atoms with Gasteiger partial charge in [0.1, 0.15) is 11.6 Å². The van der Waals surface area contributed by atoms with Gasteiger partial charge >= 0.3 is 0 Å².